The van der Waals surface area contributed by atoms with E-state index in [2.05, 4.69) is 34.9 Å². The number of likely N-dealkylation sites (tertiary alicyclic amines) is 1. The summed E-state index contributed by atoms with van der Waals surface area (Å²) in [6.45, 7) is 4.75. The molecule has 0 aromatic heterocycles. The Morgan fingerprint density at radius 1 is 1.23 bits per heavy atom. The summed E-state index contributed by atoms with van der Waals surface area (Å²) in [4.78, 5) is 26.5. The lowest BCUT2D eigenvalue weighted by atomic mass is 9.90. The van der Waals surface area contributed by atoms with Crippen molar-refractivity contribution in [2.45, 2.75) is 38.3 Å². The maximum absolute atomic E-state index is 12.4. The van der Waals surface area contributed by atoms with Gasteiger partial charge in [0.1, 0.15) is 6.04 Å². The Balaban J connectivity index is 1.39. The minimum absolute atomic E-state index is 0.000826. The van der Waals surface area contributed by atoms with Crippen molar-refractivity contribution in [1.82, 2.24) is 15.5 Å². The summed E-state index contributed by atoms with van der Waals surface area (Å²) >= 11 is 0. The van der Waals surface area contributed by atoms with Crippen molar-refractivity contribution < 1.29 is 14.3 Å². The molecular weight excluding hydrogens is 330 g/mol. The molecule has 0 saturated carbocycles. The van der Waals surface area contributed by atoms with E-state index in [1.165, 1.54) is 5.56 Å². The minimum Gasteiger partial charge on any atom is -0.375 e. The Morgan fingerprint density at radius 3 is 2.65 bits per heavy atom. The van der Waals surface area contributed by atoms with E-state index in [4.69, 9.17) is 4.74 Å². The van der Waals surface area contributed by atoms with Gasteiger partial charge in [0.05, 0.1) is 19.3 Å². The van der Waals surface area contributed by atoms with Gasteiger partial charge in [0.2, 0.25) is 11.8 Å². The molecule has 2 aliphatic rings. The van der Waals surface area contributed by atoms with E-state index in [1.807, 2.05) is 17.9 Å². The van der Waals surface area contributed by atoms with Crippen LogP contribution >= 0.6 is 0 Å². The smallest absolute Gasteiger partial charge is 0.241 e. The van der Waals surface area contributed by atoms with Gasteiger partial charge in [-0.1, -0.05) is 30.3 Å². The van der Waals surface area contributed by atoms with Crippen LogP contribution in [0.4, 0.5) is 0 Å². The largest absolute Gasteiger partial charge is 0.375 e. The third-order valence-electron chi connectivity index (χ3n) is 5.35. The number of ether oxygens (including phenoxy) is 1. The number of nitrogens with zero attached hydrogens (tertiary/aromatic N) is 1. The minimum atomic E-state index is -0.381. The van der Waals surface area contributed by atoms with Gasteiger partial charge in [0.15, 0.2) is 0 Å². The van der Waals surface area contributed by atoms with Gasteiger partial charge >= 0.3 is 0 Å². The number of piperidine rings is 1. The number of rotatable bonds is 5. The van der Waals surface area contributed by atoms with Gasteiger partial charge in [-0.15, -0.1) is 0 Å². The average Bonchev–Trinajstić information content (AvgIpc) is 2.67. The van der Waals surface area contributed by atoms with E-state index in [0.717, 1.165) is 32.4 Å². The molecule has 1 aromatic rings. The molecule has 2 N–H and O–H groups in total. The second-order valence-corrected chi connectivity index (χ2v) is 7.24. The molecule has 0 unspecified atom stereocenters. The Bertz CT molecular complexity index is 600. The zero-order valence-electron chi connectivity index (χ0n) is 15.4. The third kappa shape index (κ3) is 5.05. The van der Waals surface area contributed by atoms with Gasteiger partial charge in [-0.05, 0) is 37.7 Å². The van der Waals surface area contributed by atoms with Crippen molar-refractivity contribution in [3.63, 3.8) is 0 Å². The summed E-state index contributed by atoms with van der Waals surface area (Å²) in [6, 6.07) is 10.1. The van der Waals surface area contributed by atoms with Crippen LogP contribution in [0.25, 0.3) is 0 Å². The molecule has 2 amide bonds. The number of hydrogen-bond acceptors (Lipinski definition) is 4. The Labute approximate surface area is 155 Å². The molecule has 0 radical (unpaired) electrons. The van der Waals surface area contributed by atoms with Crippen LogP contribution in [0.3, 0.4) is 0 Å². The topological polar surface area (TPSA) is 70.7 Å². The van der Waals surface area contributed by atoms with Crippen LogP contribution in [0.15, 0.2) is 30.3 Å². The van der Waals surface area contributed by atoms with E-state index in [-0.39, 0.29) is 30.5 Å². The molecule has 2 fully saturated rings. The van der Waals surface area contributed by atoms with E-state index in [0.29, 0.717) is 19.1 Å². The molecule has 2 atom stereocenters. The Kier molecular flexibility index (Phi) is 6.63. The first-order valence-electron chi connectivity index (χ1n) is 9.58. The summed E-state index contributed by atoms with van der Waals surface area (Å²) < 4.78 is 5.48. The Morgan fingerprint density at radius 2 is 1.96 bits per heavy atom. The van der Waals surface area contributed by atoms with Crippen LogP contribution in [0.5, 0.6) is 0 Å². The molecule has 2 heterocycles. The van der Waals surface area contributed by atoms with E-state index in [1.54, 1.807) is 0 Å². The number of carbonyl (C=O) groups is 2. The molecule has 2 saturated heterocycles. The third-order valence-corrected chi connectivity index (χ3v) is 5.35. The van der Waals surface area contributed by atoms with Crippen LogP contribution < -0.4 is 10.6 Å². The number of amides is 2. The first-order valence-corrected chi connectivity index (χ1v) is 9.58. The second-order valence-electron chi connectivity index (χ2n) is 7.24. The van der Waals surface area contributed by atoms with Crippen molar-refractivity contribution in [3.05, 3.63) is 35.9 Å². The van der Waals surface area contributed by atoms with Crippen molar-refractivity contribution in [3.8, 4) is 0 Å². The van der Waals surface area contributed by atoms with Gasteiger partial charge in [0.25, 0.3) is 0 Å². The maximum Gasteiger partial charge on any atom is 0.241 e. The standard InChI is InChI=1S/C20H29N3O3/c1-15-19(21-9-12-26-15)20(25)22-14-18(24)23-10-7-17(8-11-23)13-16-5-3-2-4-6-16/h2-6,15,17,19,21H,7-14H2,1H3,(H,22,25)/t15-,19+/m1/s1. The highest BCUT2D eigenvalue weighted by Crippen LogP contribution is 2.21. The first-order chi connectivity index (χ1) is 12.6. The molecule has 142 valence electrons. The van der Waals surface area contributed by atoms with Gasteiger partial charge in [-0.2, -0.15) is 0 Å². The van der Waals surface area contributed by atoms with Gasteiger partial charge in [0, 0.05) is 19.6 Å². The molecule has 2 aliphatic heterocycles. The molecule has 26 heavy (non-hydrogen) atoms. The lowest BCUT2D eigenvalue weighted by molar-refractivity contribution is -0.136. The summed E-state index contributed by atoms with van der Waals surface area (Å²) in [5.74, 6) is 0.464. The average molecular weight is 359 g/mol. The Hall–Kier alpha value is -1.92. The van der Waals surface area contributed by atoms with Crippen molar-refractivity contribution in [2.75, 3.05) is 32.8 Å². The molecule has 0 aliphatic carbocycles. The van der Waals surface area contributed by atoms with Crippen molar-refractivity contribution >= 4 is 11.8 Å². The van der Waals surface area contributed by atoms with Crippen LogP contribution in [0.2, 0.25) is 0 Å². The number of hydrogen-bond donors (Lipinski definition) is 2. The zero-order valence-corrected chi connectivity index (χ0v) is 15.4. The SMILES string of the molecule is C[C@H]1OCCN[C@@H]1C(=O)NCC(=O)N1CCC(Cc2ccccc2)CC1. The monoisotopic (exact) mass is 359 g/mol. The van der Waals surface area contributed by atoms with Crippen LogP contribution in [0, 0.1) is 5.92 Å². The fourth-order valence-electron chi connectivity index (χ4n) is 3.75. The van der Waals surface area contributed by atoms with Gasteiger partial charge < -0.3 is 20.3 Å². The van der Waals surface area contributed by atoms with E-state index < -0.39 is 0 Å². The van der Waals surface area contributed by atoms with Crippen molar-refractivity contribution in [2.24, 2.45) is 5.92 Å². The predicted molar refractivity (Wildman–Crippen MR) is 99.7 cm³/mol. The van der Waals surface area contributed by atoms with Gasteiger partial charge in [-0.3, -0.25) is 9.59 Å². The number of morpholine rings is 1. The second kappa shape index (κ2) is 9.14. The first kappa shape index (κ1) is 18.9. The zero-order chi connectivity index (χ0) is 18.4. The summed E-state index contributed by atoms with van der Waals surface area (Å²) in [6.07, 6.45) is 2.94. The summed E-state index contributed by atoms with van der Waals surface area (Å²) in [5.41, 5.74) is 1.36. The molecular formula is C20H29N3O3. The van der Waals surface area contributed by atoms with Crippen LogP contribution in [-0.2, 0) is 20.7 Å². The van der Waals surface area contributed by atoms with Gasteiger partial charge in [-0.25, -0.2) is 0 Å². The fourth-order valence-corrected chi connectivity index (χ4v) is 3.75. The lowest BCUT2D eigenvalue weighted by Crippen LogP contribution is -2.56. The quantitative estimate of drug-likeness (QED) is 0.822. The number of carbonyl (C=O) groups excluding carboxylic acids is 2. The number of nitrogens with one attached hydrogen (secondary N) is 2. The lowest BCUT2D eigenvalue weighted by Gasteiger charge is -2.33. The molecule has 0 bridgehead atoms. The van der Waals surface area contributed by atoms with E-state index in [9.17, 15) is 9.59 Å². The van der Waals surface area contributed by atoms with E-state index >= 15 is 0 Å². The van der Waals surface area contributed by atoms with Crippen LogP contribution in [0.1, 0.15) is 25.3 Å². The normalized spacial score (nSPS) is 24.3. The van der Waals surface area contributed by atoms with Crippen molar-refractivity contribution in [1.29, 1.82) is 0 Å². The molecule has 3 rings (SSSR count). The fraction of sp³-hybridized carbons (Fsp3) is 0.600. The summed E-state index contributed by atoms with van der Waals surface area (Å²) in [5, 5.41) is 5.90. The predicted octanol–water partition coefficient (Wildman–Crippen LogP) is 0.961. The summed E-state index contributed by atoms with van der Waals surface area (Å²) in [7, 11) is 0. The van der Waals surface area contributed by atoms with Crippen LogP contribution in [-0.4, -0.2) is 61.6 Å². The molecule has 6 heteroatoms. The molecule has 0 spiro atoms. The molecule has 1 aromatic carbocycles. The highest BCUT2D eigenvalue weighted by molar-refractivity contribution is 5.87. The molecule has 6 nitrogen and oxygen atoms in total. The number of benzene rings is 1. The maximum atomic E-state index is 12.4. The highest BCUT2D eigenvalue weighted by Gasteiger charge is 2.29. The highest BCUT2D eigenvalue weighted by atomic mass is 16.5.